The molecular weight excluding hydrogens is 468 g/mol. The second-order valence-corrected chi connectivity index (χ2v) is 8.61. The predicted molar refractivity (Wildman–Crippen MR) is 148 cm³/mol. The van der Waals surface area contributed by atoms with E-state index in [0.29, 0.717) is 31.1 Å². The third-order valence-electron chi connectivity index (χ3n) is 5.72. The molecule has 5 heteroatoms. The predicted octanol–water partition coefficient (Wildman–Crippen LogP) is 7.41. The molecule has 4 nitrogen and oxygen atoms in total. The zero-order valence-electron chi connectivity index (χ0n) is 20.5. The Kier molecular flexibility index (Phi) is 8.95. The molecule has 0 saturated heterocycles. The van der Waals surface area contributed by atoms with Crippen LogP contribution in [0.1, 0.15) is 22.3 Å². The molecule has 184 valence electrons. The monoisotopic (exact) mass is 498 g/mol. The van der Waals surface area contributed by atoms with E-state index in [-0.39, 0.29) is 0 Å². The number of hydrogen-bond donors (Lipinski definition) is 1. The van der Waals surface area contributed by atoms with Gasteiger partial charge in [-0.1, -0.05) is 78.9 Å². The van der Waals surface area contributed by atoms with Gasteiger partial charge in [-0.15, -0.1) is 12.6 Å². The van der Waals surface area contributed by atoms with E-state index in [4.69, 9.17) is 18.9 Å². The molecule has 0 aliphatic heterocycles. The van der Waals surface area contributed by atoms with Crippen molar-refractivity contribution in [2.24, 2.45) is 0 Å². The van der Waals surface area contributed by atoms with Crippen LogP contribution in [-0.2, 0) is 19.6 Å². The smallest absolute Gasteiger partial charge is 0.162 e. The average Bonchev–Trinajstić information content (AvgIpc) is 2.93. The van der Waals surface area contributed by atoms with Gasteiger partial charge in [-0.2, -0.15) is 0 Å². The van der Waals surface area contributed by atoms with E-state index in [0.717, 1.165) is 38.6 Å². The van der Waals surface area contributed by atoms with Crippen LogP contribution in [0.2, 0.25) is 0 Å². The summed E-state index contributed by atoms with van der Waals surface area (Å²) in [6.45, 7) is 0.928. The fraction of sp³-hybridized carbons (Fsp3) is 0.161. The molecule has 0 N–H and O–H groups in total. The molecule has 0 atom stereocenters. The highest BCUT2D eigenvalue weighted by Gasteiger charge is 2.11. The van der Waals surface area contributed by atoms with E-state index in [1.54, 1.807) is 14.2 Å². The second kappa shape index (κ2) is 12.8. The van der Waals surface area contributed by atoms with Gasteiger partial charge in [0.05, 0.1) is 19.1 Å². The number of ether oxygens (including phenoxy) is 4. The Bertz CT molecular complexity index is 1290. The summed E-state index contributed by atoms with van der Waals surface area (Å²) >= 11 is 4.65. The van der Waals surface area contributed by atoms with Crippen molar-refractivity contribution < 1.29 is 18.9 Å². The van der Waals surface area contributed by atoms with Crippen LogP contribution in [0.4, 0.5) is 0 Å². The van der Waals surface area contributed by atoms with Crippen LogP contribution in [0.3, 0.4) is 0 Å². The molecular formula is C31H30O4S. The van der Waals surface area contributed by atoms with Gasteiger partial charge in [0.1, 0.15) is 24.7 Å². The van der Waals surface area contributed by atoms with Crippen LogP contribution >= 0.6 is 12.6 Å². The minimum Gasteiger partial charge on any atom is -0.496 e. The topological polar surface area (TPSA) is 36.9 Å². The van der Waals surface area contributed by atoms with Crippen LogP contribution in [0, 0.1) is 0 Å². The van der Waals surface area contributed by atoms with Gasteiger partial charge in [-0.05, 0) is 47.4 Å². The van der Waals surface area contributed by atoms with Gasteiger partial charge < -0.3 is 18.9 Å². The second-order valence-electron chi connectivity index (χ2n) is 8.16. The zero-order valence-corrected chi connectivity index (χ0v) is 21.4. The van der Waals surface area contributed by atoms with Gasteiger partial charge in [-0.25, -0.2) is 0 Å². The lowest BCUT2D eigenvalue weighted by atomic mass is 10.1. The summed E-state index contributed by atoms with van der Waals surface area (Å²) in [4.78, 5) is 0.776. The van der Waals surface area contributed by atoms with Gasteiger partial charge >= 0.3 is 0 Å². The molecule has 0 spiro atoms. The summed E-state index contributed by atoms with van der Waals surface area (Å²) in [6, 6.07) is 30.0. The maximum absolute atomic E-state index is 6.20. The largest absolute Gasteiger partial charge is 0.496 e. The van der Waals surface area contributed by atoms with E-state index in [9.17, 15) is 0 Å². The van der Waals surface area contributed by atoms with E-state index in [1.807, 2.05) is 91.0 Å². The van der Waals surface area contributed by atoms with Crippen LogP contribution in [-0.4, -0.2) is 14.2 Å². The van der Waals surface area contributed by atoms with Crippen molar-refractivity contribution in [3.63, 3.8) is 0 Å². The first-order valence-corrected chi connectivity index (χ1v) is 12.2. The molecule has 0 aliphatic carbocycles. The van der Waals surface area contributed by atoms with E-state index in [2.05, 4.69) is 24.8 Å². The van der Waals surface area contributed by atoms with Crippen LogP contribution in [0.25, 0.3) is 6.08 Å². The first kappa shape index (κ1) is 25.3. The molecule has 4 aromatic rings. The van der Waals surface area contributed by atoms with Crippen LogP contribution in [0.5, 0.6) is 23.0 Å². The molecule has 0 saturated carbocycles. The van der Waals surface area contributed by atoms with Crippen molar-refractivity contribution >= 4 is 18.7 Å². The molecule has 0 radical (unpaired) electrons. The van der Waals surface area contributed by atoms with Gasteiger partial charge in [0.2, 0.25) is 0 Å². The number of thiol groups is 1. The highest BCUT2D eigenvalue weighted by Crippen LogP contribution is 2.34. The first-order chi connectivity index (χ1) is 17.7. The molecule has 0 bridgehead atoms. The molecule has 0 unspecified atom stereocenters. The molecule has 0 heterocycles. The lowest BCUT2D eigenvalue weighted by Crippen LogP contribution is -2.01. The normalized spacial score (nSPS) is 10.9. The van der Waals surface area contributed by atoms with E-state index < -0.39 is 0 Å². The van der Waals surface area contributed by atoms with Crippen molar-refractivity contribution in [3.8, 4) is 23.0 Å². The summed E-state index contributed by atoms with van der Waals surface area (Å²) in [6.07, 6.45) is 4.78. The number of methoxy groups -OCH3 is 2. The van der Waals surface area contributed by atoms with Crippen molar-refractivity contribution in [1.29, 1.82) is 0 Å². The standard InChI is InChI=1S/C31H30O4S/c1-32-27-18-19-29(33-2)31(36)26(27)15-9-14-23-16-17-28(34-21-24-10-5-3-6-11-24)30(20-23)35-22-25-12-7-4-8-13-25/h3-14,16-20,36H,15,21-22H2,1-2H3/b14-9+. The van der Waals surface area contributed by atoms with Crippen molar-refractivity contribution in [1.82, 2.24) is 0 Å². The SMILES string of the molecule is COc1ccc(OC)c(C/C=C/c2ccc(OCc3ccccc3)c(OCc3ccccc3)c2)c1S. The summed E-state index contributed by atoms with van der Waals surface area (Å²) in [5.41, 5.74) is 4.18. The number of rotatable bonds is 11. The fourth-order valence-electron chi connectivity index (χ4n) is 3.79. The summed E-state index contributed by atoms with van der Waals surface area (Å²) < 4.78 is 23.3. The molecule has 0 amide bonds. The minimum atomic E-state index is 0.458. The zero-order chi connectivity index (χ0) is 25.2. The molecule has 0 fully saturated rings. The maximum Gasteiger partial charge on any atom is 0.162 e. The Hall–Kier alpha value is -3.83. The maximum atomic E-state index is 6.20. The third-order valence-corrected chi connectivity index (χ3v) is 6.21. The Balaban J connectivity index is 1.53. The Morgan fingerprint density at radius 2 is 1.19 bits per heavy atom. The van der Waals surface area contributed by atoms with Crippen molar-refractivity contribution in [2.45, 2.75) is 24.5 Å². The Labute approximate surface area is 218 Å². The highest BCUT2D eigenvalue weighted by molar-refractivity contribution is 7.80. The average molecular weight is 499 g/mol. The van der Waals surface area contributed by atoms with Crippen molar-refractivity contribution in [2.75, 3.05) is 14.2 Å². The van der Waals surface area contributed by atoms with Gasteiger partial charge in [0, 0.05) is 5.56 Å². The molecule has 4 aromatic carbocycles. The summed E-state index contributed by atoms with van der Waals surface area (Å²) in [5.74, 6) is 2.91. The van der Waals surface area contributed by atoms with Crippen molar-refractivity contribution in [3.05, 3.63) is 119 Å². The molecule has 36 heavy (non-hydrogen) atoms. The molecule has 4 rings (SSSR count). The number of benzene rings is 4. The quantitative estimate of drug-likeness (QED) is 0.219. The molecule has 0 aliphatic rings. The van der Waals surface area contributed by atoms with E-state index in [1.165, 1.54) is 0 Å². The first-order valence-electron chi connectivity index (χ1n) is 11.7. The summed E-state index contributed by atoms with van der Waals surface area (Å²) in [5, 5.41) is 0. The fourth-order valence-corrected chi connectivity index (χ4v) is 4.16. The van der Waals surface area contributed by atoms with Gasteiger partial charge in [0.15, 0.2) is 11.5 Å². The van der Waals surface area contributed by atoms with Crippen LogP contribution < -0.4 is 18.9 Å². The number of allylic oxidation sites excluding steroid dienone is 1. The van der Waals surface area contributed by atoms with Gasteiger partial charge in [0.25, 0.3) is 0 Å². The third kappa shape index (κ3) is 6.64. The van der Waals surface area contributed by atoms with E-state index >= 15 is 0 Å². The summed E-state index contributed by atoms with van der Waals surface area (Å²) in [7, 11) is 3.30. The minimum absolute atomic E-state index is 0.458. The lowest BCUT2D eigenvalue weighted by Gasteiger charge is -2.14. The highest BCUT2D eigenvalue weighted by atomic mass is 32.1. The van der Waals surface area contributed by atoms with Crippen LogP contribution in [0.15, 0.2) is 102 Å². The van der Waals surface area contributed by atoms with Gasteiger partial charge in [-0.3, -0.25) is 0 Å². The lowest BCUT2D eigenvalue weighted by molar-refractivity contribution is 0.256. The molecule has 0 aromatic heterocycles. The number of hydrogen-bond acceptors (Lipinski definition) is 5. The Morgan fingerprint density at radius 3 is 1.81 bits per heavy atom. The Morgan fingerprint density at radius 1 is 0.639 bits per heavy atom.